The van der Waals surface area contributed by atoms with Crippen molar-refractivity contribution in [2.24, 2.45) is 5.41 Å². The standard InChI is InChI=1S/C16H27NOS/c1-5-11-17-15(16(2,3)4)13-19(18)12-14-9-7-6-8-10-14/h6-10,15,17H,5,11-13H2,1-4H3. The summed E-state index contributed by atoms with van der Waals surface area (Å²) in [6.45, 7) is 9.78. The van der Waals surface area contributed by atoms with Crippen LogP contribution in [0.5, 0.6) is 0 Å². The fourth-order valence-electron chi connectivity index (χ4n) is 1.94. The summed E-state index contributed by atoms with van der Waals surface area (Å²) < 4.78 is 12.3. The van der Waals surface area contributed by atoms with Gasteiger partial charge >= 0.3 is 0 Å². The van der Waals surface area contributed by atoms with Gasteiger partial charge in [0.25, 0.3) is 0 Å². The van der Waals surface area contributed by atoms with Crippen LogP contribution >= 0.6 is 0 Å². The highest BCUT2D eigenvalue weighted by molar-refractivity contribution is 7.84. The van der Waals surface area contributed by atoms with Crippen molar-refractivity contribution in [1.29, 1.82) is 0 Å². The van der Waals surface area contributed by atoms with Gasteiger partial charge in [0.15, 0.2) is 0 Å². The summed E-state index contributed by atoms with van der Waals surface area (Å²) in [5.74, 6) is 1.37. The molecule has 1 aromatic carbocycles. The highest BCUT2D eigenvalue weighted by atomic mass is 32.2. The Morgan fingerprint density at radius 2 is 1.84 bits per heavy atom. The Labute approximate surface area is 120 Å². The molecule has 19 heavy (non-hydrogen) atoms. The first-order valence-electron chi connectivity index (χ1n) is 7.05. The van der Waals surface area contributed by atoms with Crippen molar-refractivity contribution in [2.45, 2.75) is 45.9 Å². The normalized spacial score (nSPS) is 15.2. The second kappa shape index (κ2) is 7.81. The molecule has 0 fully saturated rings. The summed E-state index contributed by atoms with van der Waals surface area (Å²) >= 11 is 0. The van der Waals surface area contributed by atoms with E-state index < -0.39 is 10.8 Å². The molecule has 0 heterocycles. The molecule has 2 nitrogen and oxygen atoms in total. The molecule has 2 unspecified atom stereocenters. The van der Waals surface area contributed by atoms with Gasteiger partial charge in [-0.25, -0.2) is 0 Å². The first-order valence-corrected chi connectivity index (χ1v) is 8.54. The maximum absolute atomic E-state index is 12.3. The molecular formula is C16H27NOS. The van der Waals surface area contributed by atoms with E-state index in [1.165, 1.54) is 0 Å². The third kappa shape index (κ3) is 6.35. The maximum Gasteiger partial charge on any atom is 0.0486 e. The zero-order valence-electron chi connectivity index (χ0n) is 12.6. The average Bonchev–Trinajstić information content (AvgIpc) is 2.34. The Morgan fingerprint density at radius 1 is 1.21 bits per heavy atom. The van der Waals surface area contributed by atoms with Crippen molar-refractivity contribution in [3.05, 3.63) is 35.9 Å². The molecule has 0 aliphatic heterocycles. The summed E-state index contributed by atoms with van der Waals surface area (Å²) in [5.41, 5.74) is 1.30. The predicted octanol–water partition coefficient (Wildman–Crippen LogP) is 3.35. The van der Waals surface area contributed by atoms with E-state index in [9.17, 15) is 4.21 Å². The third-order valence-electron chi connectivity index (χ3n) is 3.21. The van der Waals surface area contributed by atoms with Gasteiger partial charge in [-0.05, 0) is 23.9 Å². The summed E-state index contributed by atoms with van der Waals surface area (Å²) in [6, 6.07) is 10.4. The minimum atomic E-state index is -0.814. The molecule has 3 heteroatoms. The lowest BCUT2D eigenvalue weighted by Gasteiger charge is -2.31. The Kier molecular flexibility index (Phi) is 6.73. The van der Waals surface area contributed by atoms with Crippen molar-refractivity contribution in [3.8, 4) is 0 Å². The van der Waals surface area contributed by atoms with Gasteiger partial charge in [-0.3, -0.25) is 4.21 Å². The van der Waals surface area contributed by atoms with Crippen molar-refractivity contribution in [1.82, 2.24) is 5.32 Å². The zero-order valence-corrected chi connectivity index (χ0v) is 13.4. The number of hydrogen-bond acceptors (Lipinski definition) is 2. The fourth-order valence-corrected chi connectivity index (χ4v) is 3.61. The molecule has 1 N–H and O–H groups in total. The Hall–Kier alpha value is -0.670. The van der Waals surface area contributed by atoms with Gasteiger partial charge in [-0.2, -0.15) is 0 Å². The van der Waals surface area contributed by atoms with E-state index in [4.69, 9.17) is 0 Å². The molecular weight excluding hydrogens is 254 g/mol. The van der Waals surface area contributed by atoms with Crippen LogP contribution in [0.3, 0.4) is 0 Å². The van der Waals surface area contributed by atoms with Gasteiger partial charge in [0.05, 0.1) is 0 Å². The monoisotopic (exact) mass is 281 g/mol. The summed E-state index contributed by atoms with van der Waals surface area (Å²) in [4.78, 5) is 0. The van der Waals surface area contributed by atoms with Crippen LogP contribution in [0, 0.1) is 5.41 Å². The van der Waals surface area contributed by atoms with Gasteiger partial charge < -0.3 is 5.32 Å². The van der Waals surface area contributed by atoms with Gasteiger partial charge in [-0.15, -0.1) is 0 Å². The van der Waals surface area contributed by atoms with Crippen molar-refractivity contribution >= 4 is 10.8 Å². The van der Waals surface area contributed by atoms with Crippen LogP contribution in [-0.4, -0.2) is 22.5 Å². The molecule has 0 radical (unpaired) electrons. The summed E-state index contributed by atoms with van der Waals surface area (Å²) in [5, 5.41) is 3.53. The maximum atomic E-state index is 12.3. The number of nitrogens with one attached hydrogen (secondary N) is 1. The van der Waals surface area contributed by atoms with E-state index >= 15 is 0 Å². The van der Waals surface area contributed by atoms with E-state index in [1.54, 1.807) is 0 Å². The molecule has 1 aromatic rings. The van der Waals surface area contributed by atoms with E-state index in [1.807, 2.05) is 30.3 Å². The molecule has 0 aromatic heterocycles. The zero-order chi connectivity index (χ0) is 14.3. The number of hydrogen-bond donors (Lipinski definition) is 1. The minimum absolute atomic E-state index is 0.140. The Balaban J connectivity index is 2.56. The largest absolute Gasteiger partial charge is 0.313 e. The predicted molar refractivity (Wildman–Crippen MR) is 84.7 cm³/mol. The van der Waals surface area contributed by atoms with Crippen LogP contribution < -0.4 is 5.32 Å². The first-order chi connectivity index (χ1) is 8.93. The fraction of sp³-hybridized carbons (Fsp3) is 0.625. The van der Waals surface area contributed by atoms with E-state index in [0.29, 0.717) is 11.8 Å². The molecule has 0 amide bonds. The van der Waals surface area contributed by atoms with Crippen LogP contribution in [0.4, 0.5) is 0 Å². The Bertz CT molecular complexity index is 383. The second-order valence-electron chi connectivity index (χ2n) is 6.11. The first kappa shape index (κ1) is 16.4. The molecule has 0 spiro atoms. The lowest BCUT2D eigenvalue weighted by atomic mass is 9.88. The minimum Gasteiger partial charge on any atom is -0.313 e. The van der Waals surface area contributed by atoms with E-state index in [0.717, 1.165) is 24.3 Å². The molecule has 2 atom stereocenters. The van der Waals surface area contributed by atoms with Crippen LogP contribution in [0.2, 0.25) is 0 Å². The highest BCUT2D eigenvalue weighted by Gasteiger charge is 2.25. The number of rotatable bonds is 7. The molecule has 1 rings (SSSR count). The third-order valence-corrected chi connectivity index (χ3v) is 4.57. The van der Waals surface area contributed by atoms with Crippen LogP contribution in [0.1, 0.15) is 39.7 Å². The van der Waals surface area contributed by atoms with Crippen LogP contribution in [0.25, 0.3) is 0 Å². The van der Waals surface area contributed by atoms with E-state index in [-0.39, 0.29) is 5.41 Å². The van der Waals surface area contributed by atoms with Crippen molar-refractivity contribution < 1.29 is 4.21 Å². The summed E-state index contributed by atoms with van der Waals surface area (Å²) in [6.07, 6.45) is 1.11. The second-order valence-corrected chi connectivity index (χ2v) is 7.61. The lowest BCUT2D eigenvalue weighted by molar-refractivity contribution is 0.290. The Morgan fingerprint density at radius 3 is 2.37 bits per heavy atom. The smallest absolute Gasteiger partial charge is 0.0486 e. The quantitative estimate of drug-likeness (QED) is 0.830. The molecule has 0 saturated heterocycles. The van der Waals surface area contributed by atoms with Gasteiger partial charge in [0, 0.05) is 28.3 Å². The average molecular weight is 281 g/mol. The van der Waals surface area contributed by atoms with Crippen LogP contribution in [-0.2, 0) is 16.6 Å². The topological polar surface area (TPSA) is 29.1 Å². The van der Waals surface area contributed by atoms with Crippen molar-refractivity contribution in [2.75, 3.05) is 12.3 Å². The molecule has 108 valence electrons. The molecule has 0 aliphatic carbocycles. The summed E-state index contributed by atoms with van der Waals surface area (Å²) in [7, 11) is -0.814. The van der Waals surface area contributed by atoms with Crippen molar-refractivity contribution in [3.63, 3.8) is 0 Å². The number of benzene rings is 1. The van der Waals surface area contributed by atoms with Gasteiger partial charge in [0.1, 0.15) is 0 Å². The molecule has 0 aliphatic rings. The molecule has 0 bridgehead atoms. The van der Waals surface area contributed by atoms with Gasteiger partial charge in [0.2, 0.25) is 0 Å². The van der Waals surface area contributed by atoms with Gasteiger partial charge in [-0.1, -0.05) is 58.0 Å². The highest BCUT2D eigenvalue weighted by Crippen LogP contribution is 2.20. The lowest BCUT2D eigenvalue weighted by Crippen LogP contribution is -2.44. The van der Waals surface area contributed by atoms with E-state index in [2.05, 4.69) is 33.0 Å². The SMILES string of the molecule is CCCNC(CS(=O)Cc1ccccc1)C(C)(C)C. The molecule has 0 saturated carbocycles. The van der Waals surface area contributed by atoms with Crippen LogP contribution in [0.15, 0.2) is 30.3 Å².